The predicted molar refractivity (Wildman–Crippen MR) is 168 cm³/mol. The molecule has 0 fully saturated rings. The maximum Gasteiger partial charge on any atom is 0.243 e. The predicted octanol–water partition coefficient (Wildman–Crippen LogP) is 1.99. The number of imidazole rings is 2. The molecule has 0 aromatic carbocycles. The molecule has 0 aliphatic carbocycles. The van der Waals surface area contributed by atoms with E-state index in [0.717, 1.165) is 70.9 Å². The minimum Gasteiger partial charge on any atom is -0.355 e. The van der Waals surface area contributed by atoms with Crippen molar-refractivity contribution in [1.82, 2.24) is 30.0 Å². The first kappa shape index (κ1) is 36.0. The SMILES string of the molecule is CCCCCC(=O)NCCN(CCNC(=O)CCCCCn1cc[n+](C)c1)CCNC(=O)CCCCCn1cc[n+](C)c1. The first-order valence-corrected chi connectivity index (χ1v) is 16.4. The number of aryl methyl sites for hydroxylation is 4. The van der Waals surface area contributed by atoms with Crippen molar-refractivity contribution in [2.75, 3.05) is 39.3 Å². The van der Waals surface area contributed by atoms with Crippen molar-refractivity contribution >= 4 is 17.7 Å². The van der Waals surface area contributed by atoms with Gasteiger partial charge in [0, 0.05) is 58.5 Å². The summed E-state index contributed by atoms with van der Waals surface area (Å²) in [6.07, 6.45) is 22.9. The summed E-state index contributed by atoms with van der Waals surface area (Å²) >= 11 is 0. The van der Waals surface area contributed by atoms with Crippen molar-refractivity contribution in [3.8, 4) is 0 Å². The van der Waals surface area contributed by atoms with Gasteiger partial charge in [-0.15, -0.1) is 0 Å². The highest BCUT2D eigenvalue weighted by atomic mass is 16.2. The van der Waals surface area contributed by atoms with Crippen LogP contribution in [0.4, 0.5) is 0 Å². The lowest BCUT2D eigenvalue weighted by atomic mass is 10.2. The lowest BCUT2D eigenvalue weighted by molar-refractivity contribution is -0.671. The number of hydrogen-bond acceptors (Lipinski definition) is 4. The minimum atomic E-state index is 0.0792. The van der Waals surface area contributed by atoms with Crippen molar-refractivity contribution in [2.24, 2.45) is 14.1 Å². The van der Waals surface area contributed by atoms with E-state index in [0.29, 0.717) is 58.5 Å². The molecule has 0 atom stereocenters. The van der Waals surface area contributed by atoms with Crippen LogP contribution in [0.15, 0.2) is 37.4 Å². The minimum absolute atomic E-state index is 0.0792. The van der Waals surface area contributed by atoms with Crippen molar-refractivity contribution in [3.05, 3.63) is 37.4 Å². The van der Waals surface area contributed by atoms with Crippen LogP contribution in [0.3, 0.4) is 0 Å². The Morgan fingerprint density at radius 2 is 1.00 bits per heavy atom. The smallest absolute Gasteiger partial charge is 0.243 e. The summed E-state index contributed by atoms with van der Waals surface area (Å²) < 4.78 is 8.38. The van der Waals surface area contributed by atoms with E-state index < -0.39 is 0 Å². The van der Waals surface area contributed by atoms with Gasteiger partial charge < -0.3 is 16.0 Å². The molecule has 11 nitrogen and oxygen atoms in total. The summed E-state index contributed by atoms with van der Waals surface area (Å²) in [7, 11) is 4.02. The normalized spacial score (nSPS) is 11.2. The molecule has 2 heterocycles. The zero-order valence-corrected chi connectivity index (χ0v) is 27.1. The van der Waals surface area contributed by atoms with E-state index in [1.54, 1.807) is 0 Å². The standard InChI is InChI=1S/C32H56N8O3/c1-4-5-8-13-30(41)33-16-21-38(22-17-34-31(42)14-9-6-11-19-39-26-24-36(2)28-39)23-18-35-32(43)15-10-7-12-20-40-27-25-37(3)29-40/h24-29H,4-23H2,1-3H3,(H-2,33,34,35,41,42,43)/p+2. The quantitative estimate of drug-likeness (QED) is 0.119. The second-order valence-electron chi connectivity index (χ2n) is 11.6. The lowest BCUT2D eigenvalue weighted by Crippen LogP contribution is -2.43. The number of amides is 3. The Hall–Kier alpha value is -3.21. The molecule has 3 N–H and O–H groups in total. The maximum atomic E-state index is 12.4. The third-order valence-corrected chi connectivity index (χ3v) is 7.55. The first-order valence-electron chi connectivity index (χ1n) is 16.4. The van der Waals surface area contributed by atoms with Gasteiger partial charge in [-0.1, -0.05) is 19.8 Å². The van der Waals surface area contributed by atoms with Crippen LogP contribution in [0.25, 0.3) is 0 Å². The number of aromatic nitrogens is 4. The van der Waals surface area contributed by atoms with Crippen LogP contribution in [0, 0.1) is 0 Å². The fourth-order valence-electron chi connectivity index (χ4n) is 4.98. The Balaban J connectivity index is 1.61. The Labute approximate surface area is 259 Å². The summed E-state index contributed by atoms with van der Waals surface area (Å²) in [5.41, 5.74) is 0. The van der Waals surface area contributed by atoms with E-state index in [2.05, 4.69) is 62.0 Å². The van der Waals surface area contributed by atoms with E-state index >= 15 is 0 Å². The van der Waals surface area contributed by atoms with Gasteiger partial charge in [0.05, 0.1) is 27.2 Å². The van der Waals surface area contributed by atoms with Gasteiger partial charge in [0.1, 0.15) is 24.8 Å². The van der Waals surface area contributed by atoms with Crippen molar-refractivity contribution < 1.29 is 23.5 Å². The zero-order chi connectivity index (χ0) is 31.1. The summed E-state index contributed by atoms with van der Waals surface area (Å²) in [5.74, 6) is 0.248. The molecule has 0 saturated carbocycles. The third kappa shape index (κ3) is 18.1. The summed E-state index contributed by atoms with van der Waals surface area (Å²) in [5, 5.41) is 9.10. The number of unbranched alkanes of at least 4 members (excludes halogenated alkanes) is 6. The van der Waals surface area contributed by atoms with Gasteiger partial charge in [-0.05, 0) is 44.9 Å². The van der Waals surface area contributed by atoms with E-state index in [1.165, 1.54) is 0 Å². The third-order valence-electron chi connectivity index (χ3n) is 7.55. The average Bonchev–Trinajstić information content (AvgIpc) is 3.59. The van der Waals surface area contributed by atoms with Crippen LogP contribution < -0.4 is 25.1 Å². The summed E-state index contributed by atoms with van der Waals surface area (Å²) in [6.45, 7) is 7.76. The molecule has 0 aliphatic heterocycles. The molecular formula is C32H58N8O3+2. The van der Waals surface area contributed by atoms with Crippen molar-refractivity contribution in [2.45, 2.75) is 97.1 Å². The molecule has 2 rings (SSSR count). The molecule has 0 bridgehead atoms. The maximum absolute atomic E-state index is 12.4. The molecule has 2 aromatic rings. The lowest BCUT2D eigenvalue weighted by Gasteiger charge is -2.23. The Morgan fingerprint density at radius 1 is 0.605 bits per heavy atom. The van der Waals surface area contributed by atoms with Gasteiger partial charge in [0.25, 0.3) is 0 Å². The average molecular weight is 603 g/mol. The topological polar surface area (TPSA) is 108 Å². The van der Waals surface area contributed by atoms with Crippen LogP contribution in [0.2, 0.25) is 0 Å². The number of carbonyl (C=O) groups excluding carboxylic acids is 3. The van der Waals surface area contributed by atoms with Gasteiger partial charge in [0.2, 0.25) is 30.4 Å². The summed E-state index contributed by atoms with van der Waals surface area (Å²) in [4.78, 5) is 39.0. The number of nitrogens with zero attached hydrogens (tertiary/aromatic N) is 5. The molecule has 43 heavy (non-hydrogen) atoms. The molecule has 3 amide bonds. The molecule has 0 radical (unpaired) electrons. The Bertz CT molecular complexity index is 983. The molecule has 0 unspecified atom stereocenters. The van der Waals surface area contributed by atoms with Crippen LogP contribution >= 0.6 is 0 Å². The Morgan fingerprint density at radius 3 is 1.35 bits per heavy atom. The molecule has 0 saturated heterocycles. The molecule has 0 spiro atoms. The zero-order valence-electron chi connectivity index (χ0n) is 27.1. The van der Waals surface area contributed by atoms with Gasteiger partial charge in [-0.2, -0.15) is 0 Å². The fraction of sp³-hybridized carbons (Fsp3) is 0.719. The van der Waals surface area contributed by atoms with Crippen molar-refractivity contribution in [1.29, 1.82) is 0 Å². The molecule has 11 heteroatoms. The van der Waals surface area contributed by atoms with E-state index in [1.807, 2.05) is 35.6 Å². The highest BCUT2D eigenvalue weighted by molar-refractivity contribution is 5.76. The largest absolute Gasteiger partial charge is 0.355 e. The van der Waals surface area contributed by atoms with Gasteiger partial charge >= 0.3 is 0 Å². The van der Waals surface area contributed by atoms with Crippen LogP contribution in [-0.4, -0.2) is 71.0 Å². The number of hydrogen-bond donors (Lipinski definition) is 3. The summed E-state index contributed by atoms with van der Waals surface area (Å²) in [6, 6.07) is 0. The van der Waals surface area contributed by atoms with E-state index in [4.69, 9.17) is 0 Å². The van der Waals surface area contributed by atoms with E-state index in [9.17, 15) is 14.4 Å². The van der Waals surface area contributed by atoms with Crippen LogP contribution in [0.1, 0.15) is 84.0 Å². The first-order chi connectivity index (χ1) is 20.9. The van der Waals surface area contributed by atoms with Crippen LogP contribution in [0.5, 0.6) is 0 Å². The van der Waals surface area contributed by atoms with Crippen molar-refractivity contribution in [3.63, 3.8) is 0 Å². The van der Waals surface area contributed by atoms with Crippen LogP contribution in [-0.2, 0) is 41.6 Å². The molecular weight excluding hydrogens is 544 g/mol. The molecule has 242 valence electrons. The van der Waals surface area contributed by atoms with E-state index in [-0.39, 0.29) is 17.7 Å². The Kier molecular flexibility index (Phi) is 18.7. The van der Waals surface area contributed by atoms with Gasteiger partial charge in [-0.25, -0.2) is 18.3 Å². The fourth-order valence-corrected chi connectivity index (χ4v) is 4.98. The highest BCUT2D eigenvalue weighted by Crippen LogP contribution is 2.03. The van der Waals surface area contributed by atoms with Gasteiger partial charge in [-0.3, -0.25) is 19.3 Å². The number of rotatable bonds is 25. The number of carbonyl (C=O) groups is 3. The molecule has 2 aromatic heterocycles. The second kappa shape index (κ2) is 22.3. The monoisotopic (exact) mass is 602 g/mol. The molecule has 0 aliphatic rings. The highest BCUT2D eigenvalue weighted by Gasteiger charge is 2.10. The van der Waals surface area contributed by atoms with Gasteiger partial charge in [0.15, 0.2) is 0 Å². The number of nitrogens with one attached hydrogen (secondary N) is 3. The second-order valence-corrected chi connectivity index (χ2v) is 11.6.